The summed E-state index contributed by atoms with van der Waals surface area (Å²) in [5.74, 6) is -5.81. The normalized spacial score (nSPS) is 8.62. The van der Waals surface area contributed by atoms with Crippen LogP contribution in [0, 0.1) is 0 Å². The van der Waals surface area contributed by atoms with Crippen LogP contribution in [0.25, 0.3) is 0 Å². The van der Waals surface area contributed by atoms with Crippen molar-refractivity contribution in [2.75, 3.05) is 0 Å². The van der Waals surface area contributed by atoms with Crippen LogP contribution in [0.5, 0.6) is 0 Å². The van der Waals surface area contributed by atoms with Gasteiger partial charge in [0, 0.05) is 30.4 Å². The van der Waals surface area contributed by atoms with Gasteiger partial charge >= 0.3 is 118 Å². The smallest absolute Gasteiger partial charge is 0.550 e. The second-order valence-corrected chi connectivity index (χ2v) is 2.75. The topological polar surface area (TPSA) is 187 Å². The minimum absolute atomic E-state index is 0. The molecule has 0 aliphatic rings. The molecule has 0 aromatic heterocycles. The molecule has 0 fully saturated rings. The summed E-state index contributed by atoms with van der Waals surface area (Å²) in [5, 5.41) is 38.3. The average molecular weight is 339 g/mol. The van der Waals surface area contributed by atoms with E-state index in [4.69, 9.17) is 5.73 Å². The summed E-state index contributed by atoms with van der Waals surface area (Å²) in [4.78, 5) is 38.3. The van der Waals surface area contributed by atoms with Crippen molar-refractivity contribution in [2.45, 2.75) is 25.3 Å². The van der Waals surface area contributed by atoms with Gasteiger partial charge < -0.3 is 45.3 Å². The minimum atomic E-state index is -1.58. The summed E-state index contributed by atoms with van der Waals surface area (Å²) in [7, 11) is 0. The molecule has 9 nitrogen and oxygen atoms in total. The molecule has 0 aliphatic heterocycles. The molecule has 0 saturated carbocycles. The molecule has 2 N–H and O–H groups in total. The van der Waals surface area contributed by atoms with E-state index in [-0.39, 0.29) is 118 Å². The Balaban J connectivity index is -0.0000000452. The number of nitrogens with two attached hydrogens (primary N) is 1. The fourth-order valence-corrected chi connectivity index (χ4v) is 0.467. The van der Waals surface area contributed by atoms with E-state index in [2.05, 4.69) is 0 Å². The third-order valence-electron chi connectivity index (χ3n) is 1.22. The Morgan fingerprint density at radius 1 is 0.714 bits per heavy atom. The second kappa shape index (κ2) is 24.1. The van der Waals surface area contributed by atoms with Gasteiger partial charge in [0.05, 0.1) is 5.97 Å². The van der Waals surface area contributed by atoms with Crippen LogP contribution in [-0.4, -0.2) is 29.9 Å². The molecule has 0 bridgehead atoms. The maximum atomic E-state index is 9.71. The minimum Gasteiger partial charge on any atom is -0.550 e. The first-order chi connectivity index (χ1) is 7.66. The summed E-state index contributed by atoms with van der Waals surface area (Å²) in [5.41, 5.74) is 4.73. The molecule has 0 spiro atoms. The Morgan fingerprint density at radius 2 is 1.00 bits per heavy atom. The first kappa shape index (κ1) is 38.4. The number of carboxylic acids is 4. The van der Waals surface area contributed by atoms with Crippen LogP contribution >= 0.6 is 0 Å². The van der Waals surface area contributed by atoms with Gasteiger partial charge in [-0.15, -0.1) is 0 Å². The van der Waals surface area contributed by atoms with Gasteiger partial charge in [-0.1, -0.05) is 0 Å². The zero-order valence-corrected chi connectivity index (χ0v) is 20.5. The summed E-state index contributed by atoms with van der Waals surface area (Å²) in [6.45, 7) is 0. The number of rotatable bonds is 6. The molecule has 0 aliphatic carbocycles. The SMILES string of the molecule is NC(CC(=O)[O-])C(=O)[O-].O=C([O-])CCC(=O)[O-].[Na+].[Na+].[Na+].[Na+]. The van der Waals surface area contributed by atoms with E-state index in [0.29, 0.717) is 0 Å². The van der Waals surface area contributed by atoms with Crippen molar-refractivity contribution in [2.24, 2.45) is 5.73 Å². The van der Waals surface area contributed by atoms with Crippen LogP contribution in [0.2, 0.25) is 0 Å². The molecule has 1 unspecified atom stereocenters. The third-order valence-corrected chi connectivity index (χ3v) is 1.22. The van der Waals surface area contributed by atoms with Crippen molar-refractivity contribution in [3.63, 3.8) is 0 Å². The molecule has 0 aromatic carbocycles. The van der Waals surface area contributed by atoms with Crippen molar-refractivity contribution in [3.05, 3.63) is 0 Å². The van der Waals surface area contributed by atoms with Gasteiger partial charge in [0.2, 0.25) is 0 Å². The van der Waals surface area contributed by atoms with E-state index < -0.39 is 49.2 Å². The maximum absolute atomic E-state index is 9.71. The Bertz CT molecular complexity index is 301. The standard InChI is InChI=1S/C4H7NO4.C4H6O4.4Na/c5-2(4(8)9)1-3(6)7;5-3(6)1-2-4(7)8;;;;/h2H,1,5H2,(H,6,7)(H,8,9);1-2H2,(H,5,6)(H,7,8);;;;/q;;4*+1/p-4. The molecule has 0 rings (SSSR count). The van der Waals surface area contributed by atoms with Crippen LogP contribution in [-0.2, 0) is 19.2 Å². The van der Waals surface area contributed by atoms with Gasteiger partial charge in [0.15, 0.2) is 0 Å². The molecule has 13 heteroatoms. The number of aliphatic carboxylic acids is 4. The summed E-state index contributed by atoms with van der Waals surface area (Å²) < 4.78 is 0. The molecule has 0 aromatic rings. The van der Waals surface area contributed by atoms with Crippen molar-refractivity contribution in [3.8, 4) is 0 Å². The molecular weight excluding hydrogens is 330 g/mol. The van der Waals surface area contributed by atoms with Gasteiger partial charge in [-0.25, -0.2) is 0 Å². The van der Waals surface area contributed by atoms with E-state index in [1.165, 1.54) is 0 Å². The van der Waals surface area contributed by atoms with Crippen molar-refractivity contribution >= 4 is 23.9 Å². The van der Waals surface area contributed by atoms with E-state index >= 15 is 0 Å². The number of hydrogen-bond acceptors (Lipinski definition) is 9. The van der Waals surface area contributed by atoms with Crippen molar-refractivity contribution < 1.29 is 158 Å². The Hall–Kier alpha value is 1.84. The molecule has 98 valence electrons. The molecule has 0 amide bonds. The van der Waals surface area contributed by atoms with Crippen LogP contribution in [0.3, 0.4) is 0 Å². The van der Waals surface area contributed by atoms with E-state index in [1.807, 2.05) is 0 Å². The van der Waals surface area contributed by atoms with Gasteiger partial charge in [-0.2, -0.15) is 0 Å². The quantitative estimate of drug-likeness (QED) is 0.458. The number of hydrogen-bond donors (Lipinski definition) is 1. The zero-order chi connectivity index (χ0) is 14.0. The van der Waals surface area contributed by atoms with E-state index in [1.54, 1.807) is 0 Å². The average Bonchev–Trinajstić information content (AvgIpc) is 2.14. The zero-order valence-electron chi connectivity index (χ0n) is 12.5. The molecule has 21 heavy (non-hydrogen) atoms. The number of carboxylic acid groups (broad SMARTS) is 4. The summed E-state index contributed by atoms with van der Waals surface area (Å²) >= 11 is 0. The number of carbonyl (C=O) groups is 4. The van der Waals surface area contributed by atoms with Crippen LogP contribution in [0.1, 0.15) is 19.3 Å². The molecular formula is C8H9NNa4O8. The van der Waals surface area contributed by atoms with Gasteiger partial charge in [0.1, 0.15) is 0 Å². The second-order valence-electron chi connectivity index (χ2n) is 2.75. The fraction of sp³-hybridized carbons (Fsp3) is 0.500. The van der Waals surface area contributed by atoms with E-state index in [9.17, 15) is 39.6 Å². The Kier molecular flexibility index (Phi) is 44.1. The number of carbonyl (C=O) groups excluding carboxylic acids is 4. The van der Waals surface area contributed by atoms with Gasteiger partial charge in [-0.05, 0) is 12.8 Å². The van der Waals surface area contributed by atoms with Crippen LogP contribution in [0.4, 0.5) is 0 Å². The monoisotopic (exact) mass is 339 g/mol. The van der Waals surface area contributed by atoms with Crippen LogP contribution in [0.15, 0.2) is 0 Å². The Labute approximate surface area is 209 Å². The van der Waals surface area contributed by atoms with Gasteiger partial charge in [0.25, 0.3) is 0 Å². The van der Waals surface area contributed by atoms with Crippen LogP contribution < -0.4 is 144 Å². The Morgan fingerprint density at radius 3 is 1.10 bits per heavy atom. The third kappa shape index (κ3) is 39.0. The summed E-state index contributed by atoms with van der Waals surface area (Å²) in [6.07, 6.45) is -1.65. The maximum Gasteiger partial charge on any atom is 1.00 e. The largest absolute Gasteiger partial charge is 1.00 e. The molecule has 0 radical (unpaired) electrons. The molecule has 1 atom stereocenters. The van der Waals surface area contributed by atoms with E-state index in [0.717, 1.165) is 0 Å². The molecule has 0 heterocycles. The first-order valence-electron chi connectivity index (χ1n) is 4.22. The summed E-state index contributed by atoms with van der Waals surface area (Å²) in [6, 6.07) is -1.46. The predicted octanol–water partition coefficient (Wildman–Crippen LogP) is -18.5. The predicted molar refractivity (Wildman–Crippen MR) is 41.9 cm³/mol. The van der Waals surface area contributed by atoms with Gasteiger partial charge in [-0.3, -0.25) is 0 Å². The fourth-order valence-electron chi connectivity index (χ4n) is 0.467. The molecule has 0 saturated heterocycles. The first-order valence-corrected chi connectivity index (χ1v) is 4.22. The van der Waals surface area contributed by atoms with Crippen molar-refractivity contribution in [1.82, 2.24) is 0 Å². The van der Waals surface area contributed by atoms with Crippen molar-refractivity contribution in [1.29, 1.82) is 0 Å².